The van der Waals surface area contributed by atoms with Crippen LogP contribution in [-0.4, -0.2) is 30.4 Å². The van der Waals surface area contributed by atoms with Crippen molar-refractivity contribution in [1.82, 2.24) is 14.3 Å². The van der Waals surface area contributed by atoms with Crippen molar-refractivity contribution in [2.45, 2.75) is 51.4 Å². The van der Waals surface area contributed by atoms with Crippen molar-refractivity contribution >= 4 is 45.0 Å². The minimum atomic E-state index is -3.91. The fourth-order valence-corrected chi connectivity index (χ4v) is 8.35. The van der Waals surface area contributed by atoms with Crippen LogP contribution in [0.3, 0.4) is 0 Å². The molecule has 7 rings (SSSR count). The van der Waals surface area contributed by atoms with Gasteiger partial charge in [-0.25, -0.2) is 14.0 Å². The van der Waals surface area contributed by atoms with Crippen LogP contribution >= 0.6 is 23.2 Å². The third-order valence-corrected chi connectivity index (χ3v) is 11.1. The first-order valence-electron chi connectivity index (χ1n) is 15.8. The molecule has 7 nitrogen and oxygen atoms in total. The van der Waals surface area contributed by atoms with Gasteiger partial charge in [0.2, 0.25) is 0 Å². The Morgan fingerprint density at radius 2 is 1.57 bits per heavy atom. The molecule has 2 heterocycles. The topological polar surface area (TPSA) is 84.3 Å². The van der Waals surface area contributed by atoms with E-state index in [1.807, 2.05) is 34.5 Å². The molecule has 4 aromatic carbocycles. The van der Waals surface area contributed by atoms with Crippen molar-refractivity contribution < 1.29 is 13.2 Å². The summed E-state index contributed by atoms with van der Waals surface area (Å²) in [6.07, 6.45) is 9.08. The van der Waals surface area contributed by atoms with Crippen LogP contribution in [0.15, 0.2) is 91.1 Å². The summed E-state index contributed by atoms with van der Waals surface area (Å²) in [5, 5.41) is 1.04. The van der Waals surface area contributed by atoms with Crippen LogP contribution in [0.5, 0.6) is 0 Å². The molecule has 1 saturated heterocycles. The van der Waals surface area contributed by atoms with Gasteiger partial charge < -0.3 is 4.57 Å². The van der Waals surface area contributed by atoms with E-state index < -0.39 is 16.1 Å². The van der Waals surface area contributed by atoms with Gasteiger partial charge in [-0.05, 0) is 89.9 Å². The quantitative estimate of drug-likeness (QED) is 0.186. The first-order valence-corrected chi connectivity index (χ1v) is 18.0. The molecule has 1 saturated carbocycles. The number of carbonyl (C=O) groups excluding carboxylic acids is 1. The highest BCUT2D eigenvalue weighted by molar-refractivity contribution is 7.92. The lowest BCUT2D eigenvalue weighted by atomic mass is 9.83. The normalized spacial score (nSPS) is 16.4. The van der Waals surface area contributed by atoms with E-state index in [-0.39, 0.29) is 6.54 Å². The molecule has 0 spiro atoms. The summed E-state index contributed by atoms with van der Waals surface area (Å²) in [7, 11) is -3.91. The molecule has 2 aliphatic rings. The Balaban J connectivity index is 1.19. The number of nitrogens with one attached hydrogen (secondary N) is 1. The van der Waals surface area contributed by atoms with E-state index in [2.05, 4.69) is 48.5 Å². The number of amides is 1. The van der Waals surface area contributed by atoms with E-state index in [9.17, 15) is 13.2 Å². The zero-order valence-electron chi connectivity index (χ0n) is 25.9. The van der Waals surface area contributed by atoms with Crippen molar-refractivity contribution in [3.63, 3.8) is 0 Å². The van der Waals surface area contributed by atoms with Gasteiger partial charge in [0, 0.05) is 28.9 Å². The van der Waals surface area contributed by atoms with Gasteiger partial charge in [0.15, 0.2) is 0 Å². The van der Waals surface area contributed by atoms with Gasteiger partial charge in [-0.3, -0.25) is 4.79 Å². The zero-order valence-corrected chi connectivity index (χ0v) is 28.2. The molecular weight excluding hydrogens is 651 g/mol. The second kappa shape index (κ2) is 12.8. The fourth-order valence-electron chi connectivity index (χ4n) is 6.70. The molecule has 240 valence electrons. The second-order valence-electron chi connectivity index (χ2n) is 12.4. The summed E-state index contributed by atoms with van der Waals surface area (Å²) in [6.45, 7) is 1.65. The molecule has 1 aliphatic heterocycles. The van der Waals surface area contributed by atoms with Gasteiger partial charge in [-0.1, -0.05) is 91.0 Å². The number of carbonyl (C=O) groups is 1. The predicted molar refractivity (Wildman–Crippen MR) is 189 cm³/mol. The lowest BCUT2D eigenvalue weighted by molar-refractivity contribution is -0.117. The number of aromatic nitrogens is 2. The third kappa shape index (κ3) is 6.55. The second-order valence-corrected chi connectivity index (χ2v) is 14.8. The molecule has 0 unspecified atom stereocenters. The largest absolute Gasteiger partial charge is 0.326 e. The number of nitrogens with zero attached hydrogens (tertiary/aromatic N) is 3. The monoisotopic (exact) mass is 684 g/mol. The number of anilines is 1. The maximum absolute atomic E-state index is 12.5. The molecule has 0 atom stereocenters. The first kappa shape index (κ1) is 31.5. The van der Waals surface area contributed by atoms with Crippen LogP contribution in [0.1, 0.15) is 60.5 Å². The van der Waals surface area contributed by atoms with Crippen molar-refractivity contribution in [2.75, 3.05) is 10.8 Å². The summed E-state index contributed by atoms with van der Waals surface area (Å²) in [6, 6.07) is 28.3. The van der Waals surface area contributed by atoms with Crippen molar-refractivity contribution in [3.05, 3.63) is 124 Å². The zero-order chi connectivity index (χ0) is 32.7. The Morgan fingerprint density at radius 1 is 0.872 bits per heavy atom. The van der Waals surface area contributed by atoms with Crippen LogP contribution in [0.4, 0.5) is 5.69 Å². The number of halogens is 2. The molecule has 0 bridgehead atoms. The molecule has 1 aliphatic carbocycles. The smallest absolute Gasteiger partial charge is 0.303 e. The standard InChI is InChI=1S/C37H34Cl2N4O3S/c1-24-19-31(43-23-37(44)41-47(43,45)46)16-18-35(24)42-22-34(32-17-15-30(38)21-33(32)39)40-36(42)20-25-7-9-27(10-8-25)29-13-11-28(12-14-29)26-5-3-2-4-6-26/h7-19,21-22,26H,2-6,20,23H2,1H3,(H,41,44). The SMILES string of the molecule is Cc1cc(N2CC(=O)NS2(=O)=O)ccc1-n1cc(-c2ccc(Cl)cc2Cl)nc1Cc1ccc(-c2ccc(C3CCCCC3)cc2)cc1. The Bertz CT molecular complexity index is 2070. The number of benzene rings is 4. The highest BCUT2D eigenvalue weighted by Crippen LogP contribution is 2.35. The average molecular weight is 686 g/mol. The van der Waals surface area contributed by atoms with Gasteiger partial charge in [0.1, 0.15) is 12.4 Å². The third-order valence-electron chi connectivity index (χ3n) is 9.17. The summed E-state index contributed by atoms with van der Waals surface area (Å²) in [4.78, 5) is 16.9. The Morgan fingerprint density at radius 3 is 2.21 bits per heavy atom. The van der Waals surface area contributed by atoms with Gasteiger partial charge in [0.25, 0.3) is 5.91 Å². The maximum atomic E-state index is 12.5. The van der Waals surface area contributed by atoms with Crippen LogP contribution in [0.2, 0.25) is 10.0 Å². The highest BCUT2D eigenvalue weighted by Gasteiger charge is 2.34. The Labute approximate surface area is 285 Å². The summed E-state index contributed by atoms with van der Waals surface area (Å²) in [5.74, 6) is 0.915. The number of imidazole rings is 1. The molecule has 47 heavy (non-hydrogen) atoms. The highest BCUT2D eigenvalue weighted by atomic mass is 35.5. The first-order chi connectivity index (χ1) is 22.6. The van der Waals surface area contributed by atoms with Crippen molar-refractivity contribution in [2.24, 2.45) is 0 Å². The molecule has 1 N–H and O–H groups in total. The molecule has 5 aromatic rings. The number of hydrogen-bond donors (Lipinski definition) is 1. The summed E-state index contributed by atoms with van der Waals surface area (Å²) in [5.41, 5.74) is 8.41. The van der Waals surface area contributed by atoms with Crippen LogP contribution in [0, 0.1) is 6.92 Å². The molecule has 2 fully saturated rings. The lowest BCUT2D eigenvalue weighted by Gasteiger charge is -2.22. The molecular formula is C37H34Cl2N4O3S. The number of rotatable bonds is 7. The van der Waals surface area contributed by atoms with Gasteiger partial charge >= 0.3 is 10.2 Å². The van der Waals surface area contributed by atoms with Crippen LogP contribution in [-0.2, 0) is 21.4 Å². The predicted octanol–water partition coefficient (Wildman–Crippen LogP) is 8.64. The molecule has 1 aromatic heterocycles. The number of hydrogen-bond acceptors (Lipinski definition) is 4. The molecule has 10 heteroatoms. The van der Waals surface area contributed by atoms with E-state index in [0.29, 0.717) is 33.8 Å². The van der Waals surface area contributed by atoms with E-state index in [4.69, 9.17) is 28.2 Å². The van der Waals surface area contributed by atoms with E-state index in [0.717, 1.165) is 38.1 Å². The lowest BCUT2D eigenvalue weighted by Crippen LogP contribution is -2.29. The van der Waals surface area contributed by atoms with E-state index in [1.54, 1.807) is 24.3 Å². The van der Waals surface area contributed by atoms with E-state index in [1.165, 1.54) is 43.2 Å². The fraction of sp³-hybridized carbons (Fsp3) is 0.243. The van der Waals surface area contributed by atoms with E-state index >= 15 is 0 Å². The molecule has 1 amide bonds. The van der Waals surface area contributed by atoms with Crippen LogP contribution < -0.4 is 9.03 Å². The van der Waals surface area contributed by atoms with Crippen LogP contribution in [0.25, 0.3) is 28.1 Å². The van der Waals surface area contributed by atoms with Gasteiger partial charge in [0.05, 0.1) is 16.4 Å². The maximum Gasteiger partial charge on any atom is 0.326 e. The summed E-state index contributed by atoms with van der Waals surface area (Å²) >= 11 is 12.8. The van der Waals surface area contributed by atoms with Crippen molar-refractivity contribution in [3.8, 4) is 28.1 Å². The van der Waals surface area contributed by atoms with Gasteiger partial charge in [-0.2, -0.15) is 8.42 Å². The molecule has 0 radical (unpaired) electrons. The average Bonchev–Trinajstić information content (AvgIpc) is 3.59. The van der Waals surface area contributed by atoms with Gasteiger partial charge in [-0.15, -0.1) is 0 Å². The van der Waals surface area contributed by atoms with Crippen molar-refractivity contribution in [1.29, 1.82) is 0 Å². The Kier molecular flexibility index (Phi) is 8.59. The minimum Gasteiger partial charge on any atom is -0.303 e. The minimum absolute atomic E-state index is 0.253. The summed E-state index contributed by atoms with van der Waals surface area (Å²) < 4.78 is 30.0. The Hall–Kier alpha value is -4.11. The number of aryl methyl sites for hydroxylation is 1.